The molecule has 0 aliphatic rings. The number of hydrogen-bond donors (Lipinski definition) is 0. The van der Waals surface area contributed by atoms with E-state index in [0.717, 1.165) is 33.1 Å². The first-order valence-corrected chi connectivity index (χ1v) is 18.4. The van der Waals surface area contributed by atoms with Crippen LogP contribution in [0.25, 0.3) is 82.8 Å². The van der Waals surface area contributed by atoms with Crippen LogP contribution in [0.2, 0.25) is 0 Å². The van der Waals surface area contributed by atoms with Crippen LogP contribution in [0, 0.1) is 0 Å². The summed E-state index contributed by atoms with van der Waals surface area (Å²) >= 11 is 0. The van der Waals surface area contributed by atoms with Gasteiger partial charge in [0.2, 0.25) is 0 Å². The van der Waals surface area contributed by atoms with E-state index >= 15 is 0 Å². The van der Waals surface area contributed by atoms with Crippen molar-refractivity contribution >= 4 is 60.8 Å². The highest BCUT2D eigenvalue weighted by Gasteiger charge is 2.20. The Morgan fingerprint density at radius 3 is 1.86 bits per heavy atom. The highest BCUT2D eigenvalue weighted by Crippen LogP contribution is 2.44. The molecule has 2 aromatic heterocycles. The van der Waals surface area contributed by atoms with Gasteiger partial charge in [-0.2, -0.15) is 0 Å². The summed E-state index contributed by atoms with van der Waals surface area (Å²) in [6.07, 6.45) is 0. The lowest BCUT2D eigenvalue weighted by Gasteiger charge is -2.28. The minimum atomic E-state index is -0.534. The second kappa shape index (κ2) is 13.6. The lowest BCUT2D eigenvalue weighted by atomic mass is 9.99. The van der Waals surface area contributed by atoms with Gasteiger partial charge in [-0.05, 0) is 71.2 Å². The van der Waals surface area contributed by atoms with E-state index in [1.54, 1.807) is 30.3 Å². The molecule has 0 bridgehead atoms. The SMILES string of the molecule is [2H]c1c([2H])c([2H])c(-c2ccccc2N(c2ccc(-c3cccc4c3oc3ccccc34)cc2)c2cccc(-c3ccccc3-n3c4c([2H])c([2H])c([2H])c([2H])c4c4c([2H])c([2H])c([2H])c([2H])c43)c2)c([2H])c1[2H]. The van der Waals surface area contributed by atoms with E-state index in [1.807, 2.05) is 114 Å². The Balaban J connectivity index is 1.15. The lowest BCUT2D eigenvalue weighted by molar-refractivity contribution is 0.670. The summed E-state index contributed by atoms with van der Waals surface area (Å²) < 4.78 is 122. The molecule has 0 aliphatic carbocycles. The summed E-state index contributed by atoms with van der Waals surface area (Å²) in [6, 6.07) is 37.4. The molecule has 57 heavy (non-hydrogen) atoms. The summed E-state index contributed by atoms with van der Waals surface area (Å²) in [6.45, 7) is 0. The number of benzene rings is 9. The van der Waals surface area contributed by atoms with Crippen LogP contribution in [0.1, 0.15) is 17.8 Å². The first-order chi connectivity index (χ1) is 33.7. The molecule has 0 saturated heterocycles. The highest BCUT2D eigenvalue weighted by atomic mass is 16.3. The number of aromatic nitrogens is 1. The molecule has 0 radical (unpaired) electrons. The zero-order chi connectivity index (χ0) is 49.0. The van der Waals surface area contributed by atoms with E-state index < -0.39 is 66.5 Å². The van der Waals surface area contributed by atoms with Gasteiger partial charge in [0, 0.05) is 49.6 Å². The predicted octanol–water partition coefficient (Wildman–Crippen LogP) is 15.2. The Labute approximate surface area is 349 Å². The number of rotatable bonds is 7. The van der Waals surface area contributed by atoms with E-state index in [4.69, 9.17) is 22.2 Å². The van der Waals surface area contributed by atoms with Crippen molar-refractivity contribution in [1.82, 2.24) is 4.57 Å². The third-order valence-electron chi connectivity index (χ3n) is 10.3. The summed E-state index contributed by atoms with van der Waals surface area (Å²) in [5.41, 5.74) is 6.90. The maximum Gasteiger partial charge on any atom is 0.143 e. The largest absolute Gasteiger partial charge is 0.455 e. The number of nitrogens with zero attached hydrogens (tertiary/aromatic N) is 2. The normalized spacial score (nSPS) is 14.7. The number of para-hydroxylation sites is 6. The predicted molar refractivity (Wildman–Crippen MR) is 239 cm³/mol. The minimum Gasteiger partial charge on any atom is -0.455 e. The molecule has 0 aliphatic heterocycles. The van der Waals surface area contributed by atoms with E-state index in [0.29, 0.717) is 39.4 Å². The second-order valence-corrected chi connectivity index (χ2v) is 13.5. The molecule has 3 nitrogen and oxygen atoms in total. The summed E-state index contributed by atoms with van der Waals surface area (Å²) in [5.74, 6) is 0. The molecule has 11 aromatic rings. The maximum atomic E-state index is 9.15. The zero-order valence-corrected chi connectivity index (χ0v) is 30.1. The third-order valence-corrected chi connectivity index (χ3v) is 10.3. The number of fused-ring (bicyclic) bond motifs is 6. The Hall–Kier alpha value is -7.62. The van der Waals surface area contributed by atoms with Gasteiger partial charge in [0.1, 0.15) is 11.2 Å². The van der Waals surface area contributed by atoms with Crippen molar-refractivity contribution in [3.05, 3.63) is 218 Å². The van der Waals surface area contributed by atoms with Gasteiger partial charge in [-0.1, -0.05) is 164 Å². The fourth-order valence-corrected chi connectivity index (χ4v) is 7.84. The van der Waals surface area contributed by atoms with Gasteiger partial charge in [0.15, 0.2) is 0 Å². The van der Waals surface area contributed by atoms with Crippen molar-refractivity contribution < 1.29 is 22.2 Å². The molecule has 0 fully saturated rings. The van der Waals surface area contributed by atoms with Crippen LogP contribution in [0.5, 0.6) is 0 Å². The molecule has 0 amide bonds. The molecule has 9 aromatic carbocycles. The monoisotopic (exact) mass is 741 g/mol. The van der Waals surface area contributed by atoms with Crippen LogP contribution >= 0.6 is 0 Å². The fraction of sp³-hybridized carbons (Fsp3) is 0. The van der Waals surface area contributed by atoms with E-state index in [1.165, 1.54) is 4.57 Å². The molecule has 2 heterocycles. The third kappa shape index (κ3) is 5.51. The number of furan rings is 1. The van der Waals surface area contributed by atoms with Gasteiger partial charge in [-0.3, -0.25) is 0 Å². The van der Waals surface area contributed by atoms with Gasteiger partial charge in [0.05, 0.1) is 40.2 Å². The zero-order valence-electron chi connectivity index (χ0n) is 43.1. The van der Waals surface area contributed by atoms with Crippen molar-refractivity contribution in [2.75, 3.05) is 4.90 Å². The Bertz CT molecular complexity index is 3910. The summed E-state index contributed by atoms with van der Waals surface area (Å²) in [7, 11) is 0. The van der Waals surface area contributed by atoms with Gasteiger partial charge >= 0.3 is 0 Å². The van der Waals surface area contributed by atoms with E-state index in [-0.39, 0.29) is 39.5 Å². The van der Waals surface area contributed by atoms with Crippen LogP contribution < -0.4 is 4.90 Å². The molecule has 0 spiro atoms. The highest BCUT2D eigenvalue weighted by molar-refractivity contribution is 6.11. The molecule has 0 unspecified atom stereocenters. The molecular weight excluding hydrogens is 693 g/mol. The maximum absolute atomic E-state index is 9.15. The van der Waals surface area contributed by atoms with Crippen LogP contribution in [-0.2, 0) is 0 Å². The van der Waals surface area contributed by atoms with Crippen molar-refractivity contribution in [3.63, 3.8) is 0 Å². The number of hydrogen-bond acceptors (Lipinski definition) is 2. The second-order valence-electron chi connectivity index (χ2n) is 13.5. The van der Waals surface area contributed by atoms with Crippen LogP contribution in [0.3, 0.4) is 0 Å². The summed E-state index contributed by atoms with van der Waals surface area (Å²) in [5, 5.41) is 1.91. The average molecular weight is 742 g/mol. The van der Waals surface area contributed by atoms with E-state index in [2.05, 4.69) is 0 Å². The smallest absolute Gasteiger partial charge is 0.143 e. The molecule has 0 N–H and O–H groups in total. The Morgan fingerprint density at radius 2 is 1.05 bits per heavy atom. The van der Waals surface area contributed by atoms with Gasteiger partial charge < -0.3 is 13.9 Å². The first kappa shape index (κ1) is 22.1. The molecule has 3 heteroatoms. The first-order valence-electron chi connectivity index (χ1n) is 24.9. The molecular formula is C54H36N2O. The van der Waals surface area contributed by atoms with Crippen LogP contribution in [0.15, 0.2) is 222 Å². The summed E-state index contributed by atoms with van der Waals surface area (Å²) in [4.78, 5) is 1.93. The molecule has 0 atom stereocenters. The Kier molecular flexibility index (Phi) is 5.26. The van der Waals surface area contributed by atoms with Crippen molar-refractivity contribution in [2.24, 2.45) is 0 Å². The molecule has 0 saturated carbocycles. The van der Waals surface area contributed by atoms with Crippen LogP contribution in [-0.4, -0.2) is 4.57 Å². The van der Waals surface area contributed by atoms with Crippen molar-refractivity contribution in [3.8, 4) is 39.1 Å². The lowest BCUT2D eigenvalue weighted by Crippen LogP contribution is -2.11. The average Bonchev–Trinajstić information content (AvgIpc) is 3.95. The minimum absolute atomic E-state index is 0.00999. The van der Waals surface area contributed by atoms with Gasteiger partial charge in [-0.25, -0.2) is 0 Å². The van der Waals surface area contributed by atoms with Gasteiger partial charge in [0.25, 0.3) is 0 Å². The molecule has 11 rings (SSSR count). The number of anilines is 3. The van der Waals surface area contributed by atoms with Gasteiger partial charge in [-0.15, -0.1) is 0 Å². The quantitative estimate of drug-likeness (QED) is 0.162. The topological polar surface area (TPSA) is 21.3 Å². The fourth-order valence-electron chi connectivity index (χ4n) is 7.84. The molecule has 268 valence electrons. The van der Waals surface area contributed by atoms with Crippen molar-refractivity contribution in [2.45, 2.75) is 0 Å². The Morgan fingerprint density at radius 1 is 0.421 bits per heavy atom. The van der Waals surface area contributed by atoms with Crippen LogP contribution in [0.4, 0.5) is 17.1 Å². The standard InChI is InChI=1S/C54H36N2O/c1-2-16-37(17-3-1)42-20-4-9-27-49(42)55(40-34-32-38(33-35-40)44-25-15-26-48-47-24-8-13-31-53(47)57-54(44)48)41-19-14-18-39(36-41)43-21-5-10-28-50(43)56-51-29-11-6-22-45(51)46-23-7-12-30-52(46)56/h1-36H/i1D,2D,3D,6D,7D,11D,12D,16D,17D,22D,23D,29D,30D. The van der Waals surface area contributed by atoms with E-state index in [9.17, 15) is 0 Å². The van der Waals surface area contributed by atoms with Crippen molar-refractivity contribution in [1.29, 1.82) is 0 Å².